The Morgan fingerprint density at radius 3 is 2.67 bits per heavy atom. The van der Waals surface area contributed by atoms with Crippen LogP contribution in [0.1, 0.15) is 29.4 Å². The van der Waals surface area contributed by atoms with Gasteiger partial charge in [0.05, 0.1) is 12.3 Å². The van der Waals surface area contributed by atoms with Crippen LogP contribution in [0.15, 0.2) is 41.6 Å². The minimum absolute atomic E-state index is 0.106. The van der Waals surface area contributed by atoms with E-state index >= 15 is 0 Å². The summed E-state index contributed by atoms with van der Waals surface area (Å²) < 4.78 is 2.03. The Kier molecular flexibility index (Phi) is 7.39. The molecule has 0 unspecified atom stereocenters. The van der Waals surface area contributed by atoms with E-state index in [0.29, 0.717) is 11.6 Å². The molecule has 30 heavy (non-hydrogen) atoms. The second-order valence-electron chi connectivity index (χ2n) is 7.06. The van der Waals surface area contributed by atoms with Crippen LogP contribution in [0.3, 0.4) is 0 Å². The molecule has 2 N–H and O–H groups in total. The van der Waals surface area contributed by atoms with Gasteiger partial charge in [-0.05, 0) is 57.0 Å². The van der Waals surface area contributed by atoms with Crippen molar-refractivity contribution in [3.63, 3.8) is 0 Å². The maximum absolute atomic E-state index is 12.4. The normalized spacial score (nSPS) is 10.8. The van der Waals surface area contributed by atoms with Gasteiger partial charge in [0.15, 0.2) is 11.0 Å². The number of amides is 1. The van der Waals surface area contributed by atoms with Crippen molar-refractivity contribution in [1.82, 2.24) is 14.8 Å². The van der Waals surface area contributed by atoms with Crippen LogP contribution >= 0.6 is 23.4 Å². The summed E-state index contributed by atoms with van der Waals surface area (Å²) in [6.07, 6.45) is 0. The lowest BCUT2D eigenvalue weighted by atomic mass is 10.1. The highest BCUT2D eigenvalue weighted by molar-refractivity contribution is 7.99. The predicted octanol–water partition coefficient (Wildman–Crippen LogP) is 5.22. The molecule has 3 aromatic rings. The number of anilines is 2. The number of hydrogen-bond donors (Lipinski definition) is 2. The largest absolute Gasteiger partial charge is 0.378 e. The molecule has 1 amide bonds. The number of nitrogens with one attached hydrogen (secondary N) is 2. The Morgan fingerprint density at radius 2 is 1.93 bits per heavy atom. The average Bonchev–Trinajstić information content (AvgIpc) is 3.11. The van der Waals surface area contributed by atoms with Crippen molar-refractivity contribution in [2.75, 3.05) is 16.4 Å². The molecule has 0 aliphatic heterocycles. The standard InChI is InChI=1S/C22H26ClN5OS/c1-5-28-20(12-24-18-10-9-14(2)11-15(18)3)26-27-22(28)30-13-21(29)25-19-8-6-7-17(23)16(19)4/h6-11,24H,5,12-13H2,1-4H3,(H,25,29). The molecule has 0 radical (unpaired) electrons. The third-order valence-corrected chi connectivity index (χ3v) is 6.18. The van der Waals surface area contributed by atoms with Gasteiger partial charge in [0.1, 0.15) is 0 Å². The maximum Gasteiger partial charge on any atom is 0.234 e. The third-order valence-electron chi connectivity index (χ3n) is 4.80. The molecule has 0 saturated heterocycles. The molecule has 158 valence electrons. The first-order chi connectivity index (χ1) is 14.4. The van der Waals surface area contributed by atoms with Crippen molar-refractivity contribution in [3.05, 3.63) is 63.9 Å². The van der Waals surface area contributed by atoms with E-state index in [0.717, 1.165) is 34.5 Å². The molecule has 0 atom stereocenters. The highest BCUT2D eigenvalue weighted by Gasteiger charge is 2.14. The number of rotatable bonds is 8. The zero-order valence-electron chi connectivity index (χ0n) is 17.6. The molecule has 0 aliphatic rings. The number of carbonyl (C=O) groups excluding carboxylic acids is 1. The van der Waals surface area contributed by atoms with Crippen LogP contribution in [0.5, 0.6) is 0 Å². The van der Waals surface area contributed by atoms with E-state index in [1.54, 1.807) is 6.07 Å². The minimum Gasteiger partial charge on any atom is -0.378 e. The Bertz CT molecular complexity index is 1050. The van der Waals surface area contributed by atoms with Crippen molar-refractivity contribution in [2.24, 2.45) is 0 Å². The van der Waals surface area contributed by atoms with Crippen molar-refractivity contribution in [1.29, 1.82) is 0 Å². The van der Waals surface area contributed by atoms with Gasteiger partial charge in [0.25, 0.3) is 0 Å². The highest BCUT2D eigenvalue weighted by atomic mass is 35.5. The van der Waals surface area contributed by atoms with Crippen molar-refractivity contribution < 1.29 is 4.79 Å². The Balaban J connectivity index is 1.61. The van der Waals surface area contributed by atoms with Crippen LogP contribution in [0, 0.1) is 20.8 Å². The molecule has 0 fully saturated rings. The SMILES string of the molecule is CCn1c(CNc2ccc(C)cc2C)nnc1SCC(=O)Nc1cccc(Cl)c1C. The molecule has 8 heteroatoms. The first-order valence-corrected chi connectivity index (χ1v) is 11.2. The van der Waals surface area contributed by atoms with E-state index < -0.39 is 0 Å². The second kappa shape index (κ2) is 10.00. The van der Waals surface area contributed by atoms with E-state index in [1.807, 2.05) is 30.5 Å². The first-order valence-electron chi connectivity index (χ1n) is 9.80. The molecule has 6 nitrogen and oxygen atoms in total. The van der Waals surface area contributed by atoms with Crippen LogP contribution < -0.4 is 10.6 Å². The fourth-order valence-electron chi connectivity index (χ4n) is 3.12. The summed E-state index contributed by atoms with van der Waals surface area (Å²) in [5, 5.41) is 16.3. The highest BCUT2D eigenvalue weighted by Crippen LogP contribution is 2.24. The van der Waals surface area contributed by atoms with Gasteiger partial charge in [-0.2, -0.15) is 0 Å². The quantitative estimate of drug-likeness (QED) is 0.467. The summed E-state index contributed by atoms with van der Waals surface area (Å²) in [6.45, 7) is 9.39. The van der Waals surface area contributed by atoms with Crippen LogP contribution in [0.2, 0.25) is 5.02 Å². The summed E-state index contributed by atoms with van der Waals surface area (Å²) in [7, 11) is 0. The Morgan fingerprint density at radius 1 is 1.13 bits per heavy atom. The minimum atomic E-state index is -0.106. The molecule has 1 heterocycles. The first kappa shape index (κ1) is 22.2. The van der Waals surface area contributed by atoms with Crippen LogP contribution in [-0.4, -0.2) is 26.4 Å². The van der Waals surface area contributed by atoms with E-state index in [1.165, 1.54) is 22.9 Å². The number of halogens is 1. The smallest absolute Gasteiger partial charge is 0.234 e. The molecule has 0 aliphatic carbocycles. The van der Waals surface area contributed by atoms with Gasteiger partial charge in [0.2, 0.25) is 5.91 Å². The molecular weight excluding hydrogens is 418 g/mol. The summed E-state index contributed by atoms with van der Waals surface area (Å²) >= 11 is 7.49. The third kappa shape index (κ3) is 5.34. The van der Waals surface area contributed by atoms with Gasteiger partial charge in [-0.25, -0.2) is 0 Å². The van der Waals surface area contributed by atoms with E-state index in [4.69, 9.17) is 11.6 Å². The number of thioether (sulfide) groups is 1. The van der Waals surface area contributed by atoms with Gasteiger partial charge in [0, 0.05) is 22.9 Å². The summed E-state index contributed by atoms with van der Waals surface area (Å²) in [5.41, 5.74) is 5.09. The van der Waals surface area contributed by atoms with Gasteiger partial charge in [-0.1, -0.05) is 47.1 Å². The molecule has 2 aromatic carbocycles. The monoisotopic (exact) mass is 443 g/mol. The molecule has 1 aromatic heterocycles. The van der Waals surface area contributed by atoms with Crippen LogP contribution in [0.4, 0.5) is 11.4 Å². The lowest BCUT2D eigenvalue weighted by molar-refractivity contribution is -0.113. The van der Waals surface area contributed by atoms with Crippen molar-refractivity contribution in [3.8, 4) is 0 Å². The Hall–Kier alpha value is -2.51. The van der Waals surface area contributed by atoms with Gasteiger partial charge in [-0.15, -0.1) is 10.2 Å². The zero-order chi connectivity index (χ0) is 21.7. The van der Waals surface area contributed by atoms with Crippen LogP contribution in [-0.2, 0) is 17.9 Å². The molecule has 0 saturated carbocycles. The van der Waals surface area contributed by atoms with E-state index in [-0.39, 0.29) is 11.7 Å². The van der Waals surface area contributed by atoms with Gasteiger partial charge in [-0.3, -0.25) is 4.79 Å². The molecule has 0 spiro atoms. The lowest BCUT2D eigenvalue weighted by Gasteiger charge is -2.12. The number of nitrogens with zero attached hydrogens (tertiary/aromatic N) is 3. The van der Waals surface area contributed by atoms with Crippen LogP contribution in [0.25, 0.3) is 0 Å². The number of hydrogen-bond acceptors (Lipinski definition) is 5. The lowest BCUT2D eigenvalue weighted by Crippen LogP contribution is -2.15. The van der Waals surface area contributed by atoms with E-state index in [9.17, 15) is 4.79 Å². The second-order valence-corrected chi connectivity index (χ2v) is 8.41. The number of benzene rings is 2. The summed E-state index contributed by atoms with van der Waals surface area (Å²) in [4.78, 5) is 12.4. The maximum atomic E-state index is 12.4. The van der Waals surface area contributed by atoms with Crippen molar-refractivity contribution in [2.45, 2.75) is 45.9 Å². The number of carbonyl (C=O) groups is 1. The number of aromatic nitrogens is 3. The van der Waals surface area contributed by atoms with Crippen molar-refractivity contribution >= 4 is 40.6 Å². The van der Waals surface area contributed by atoms with E-state index in [2.05, 4.69) is 52.9 Å². The number of aryl methyl sites for hydroxylation is 2. The topological polar surface area (TPSA) is 71.8 Å². The fourth-order valence-corrected chi connectivity index (χ4v) is 4.12. The predicted molar refractivity (Wildman–Crippen MR) is 124 cm³/mol. The summed E-state index contributed by atoms with van der Waals surface area (Å²) in [5.74, 6) is 0.978. The van der Waals surface area contributed by atoms with Gasteiger partial charge < -0.3 is 15.2 Å². The molecule has 3 rings (SSSR count). The zero-order valence-corrected chi connectivity index (χ0v) is 19.2. The Labute approximate surface area is 186 Å². The van der Waals surface area contributed by atoms with Gasteiger partial charge >= 0.3 is 0 Å². The summed E-state index contributed by atoms with van der Waals surface area (Å²) in [6, 6.07) is 11.8. The average molecular weight is 444 g/mol. The molecule has 0 bridgehead atoms. The molecular formula is C22H26ClN5OS. The fraction of sp³-hybridized carbons (Fsp3) is 0.318.